The van der Waals surface area contributed by atoms with Crippen LogP contribution in [0.25, 0.3) is 0 Å². The highest BCUT2D eigenvalue weighted by Gasteiger charge is 2.47. The molecule has 1 rings (SSSR count). The third kappa shape index (κ3) is 3.60. The lowest BCUT2D eigenvalue weighted by molar-refractivity contribution is -0.0436. The monoisotopic (exact) mass is 296 g/mol. The number of hydrogen-bond acceptors (Lipinski definition) is 4. The number of rotatable bonds is 4. The number of halogens is 3. The summed E-state index contributed by atoms with van der Waals surface area (Å²) >= 11 is 0. The summed E-state index contributed by atoms with van der Waals surface area (Å²) in [7, 11) is -1.89. The molecule has 0 aromatic heterocycles. The smallest absolute Gasteiger partial charge is 0.399 e. The zero-order chi connectivity index (χ0) is 14.8. The molecule has 0 saturated heterocycles. The molecular formula is C11H15F3N2O2S. The number of hydrogen-bond donors (Lipinski definition) is 1. The Bertz CT molecular complexity index is 554. The number of anilines is 1. The number of likely N-dealkylation sites (N-methyl/N-ethyl adjacent to an activating group) is 1. The summed E-state index contributed by atoms with van der Waals surface area (Å²) in [5.74, 6) is 0. The Labute approximate surface area is 109 Å². The molecule has 108 valence electrons. The van der Waals surface area contributed by atoms with E-state index in [0.717, 1.165) is 6.07 Å². The molecule has 1 aromatic carbocycles. The number of alkyl halides is 3. The Morgan fingerprint density at radius 1 is 1.26 bits per heavy atom. The molecule has 0 radical (unpaired) electrons. The van der Waals surface area contributed by atoms with Gasteiger partial charge in [0.1, 0.15) is 0 Å². The van der Waals surface area contributed by atoms with Gasteiger partial charge >= 0.3 is 5.51 Å². The number of nitrogens with zero attached hydrogens (tertiary/aromatic N) is 1. The fraction of sp³-hybridized carbons (Fsp3) is 0.455. The van der Waals surface area contributed by atoms with E-state index in [1.165, 1.54) is 12.1 Å². The summed E-state index contributed by atoms with van der Waals surface area (Å²) in [6.45, 7) is 0.435. The van der Waals surface area contributed by atoms with Crippen LogP contribution >= 0.6 is 0 Å². The summed E-state index contributed by atoms with van der Waals surface area (Å²) in [6, 6.07) is 3.56. The van der Waals surface area contributed by atoms with Gasteiger partial charge in [-0.3, -0.25) is 0 Å². The Morgan fingerprint density at radius 2 is 1.84 bits per heavy atom. The zero-order valence-corrected chi connectivity index (χ0v) is 11.3. The van der Waals surface area contributed by atoms with E-state index in [-0.39, 0.29) is 17.7 Å². The first-order valence-electron chi connectivity index (χ1n) is 5.40. The normalized spacial score (nSPS) is 12.9. The van der Waals surface area contributed by atoms with Crippen LogP contribution in [0.3, 0.4) is 0 Å². The van der Waals surface area contributed by atoms with E-state index in [1.807, 2.05) is 0 Å². The highest BCUT2D eigenvalue weighted by atomic mass is 32.2. The van der Waals surface area contributed by atoms with Crippen molar-refractivity contribution in [2.45, 2.75) is 16.8 Å². The minimum atomic E-state index is -5.38. The maximum Gasteiger partial charge on any atom is 0.501 e. The van der Waals surface area contributed by atoms with Crippen molar-refractivity contribution in [3.63, 3.8) is 0 Å². The molecule has 0 aliphatic heterocycles. The Balaban J connectivity index is 3.29. The highest BCUT2D eigenvalue weighted by Crippen LogP contribution is 2.33. The topological polar surface area (TPSA) is 63.4 Å². The van der Waals surface area contributed by atoms with Gasteiger partial charge in [-0.25, -0.2) is 8.42 Å². The fourth-order valence-electron chi connectivity index (χ4n) is 1.50. The molecule has 1 aromatic rings. The summed E-state index contributed by atoms with van der Waals surface area (Å²) in [5.41, 5.74) is 0.150. The highest BCUT2D eigenvalue weighted by molar-refractivity contribution is 7.92. The third-order valence-corrected chi connectivity index (χ3v) is 4.08. The molecule has 0 saturated carbocycles. The molecule has 0 fully saturated rings. The van der Waals surface area contributed by atoms with Crippen LogP contribution < -0.4 is 5.73 Å². The van der Waals surface area contributed by atoms with E-state index in [1.54, 1.807) is 19.0 Å². The van der Waals surface area contributed by atoms with Crippen LogP contribution in [0.1, 0.15) is 5.56 Å². The van der Waals surface area contributed by atoms with Gasteiger partial charge in [0.05, 0.1) is 4.90 Å². The summed E-state index contributed by atoms with van der Waals surface area (Å²) in [4.78, 5) is 0.988. The third-order valence-electron chi connectivity index (χ3n) is 2.51. The Hall–Kier alpha value is -1.28. The minimum Gasteiger partial charge on any atom is -0.399 e. The Kier molecular flexibility index (Phi) is 4.46. The minimum absolute atomic E-state index is 0.0172. The van der Waals surface area contributed by atoms with Gasteiger partial charge in [0, 0.05) is 12.2 Å². The molecule has 0 atom stereocenters. The predicted molar refractivity (Wildman–Crippen MR) is 66.4 cm³/mol. The van der Waals surface area contributed by atoms with Crippen molar-refractivity contribution in [1.82, 2.24) is 4.90 Å². The molecule has 0 aliphatic rings. The molecule has 0 bridgehead atoms. The van der Waals surface area contributed by atoms with Gasteiger partial charge < -0.3 is 10.6 Å². The van der Waals surface area contributed by atoms with Gasteiger partial charge in [-0.2, -0.15) is 13.2 Å². The van der Waals surface area contributed by atoms with E-state index in [0.29, 0.717) is 6.54 Å². The average molecular weight is 296 g/mol. The molecule has 2 N–H and O–H groups in total. The van der Waals surface area contributed by atoms with Gasteiger partial charge in [-0.1, -0.05) is 6.07 Å². The van der Waals surface area contributed by atoms with Crippen molar-refractivity contribution in [1.29, 1.82) is 0 Å². The van der Waals surface area contributed by atoms with Crippen molar-refractivity contribution in [3.8, 4) is 0 Å². The second kappa shape index (κ2) is 5.38. The summed E-state index contributed by atoms with van der Waals surface area (Å²) in [5, 5.41) is 0. The van der Waals surface area contributed by atoms with Crippen LogP contribution in [0.15, 0.2) is 23.1 Å². The van der Waals surface area contributed by atoms with Crippen molar-refractivity contribution in [2.24, 2.45) is 0 Å². The number of nitrogen functional groups attached to an aromatic ring is 1. The quantitative estimate of drug-likeness (QED) is 0.858. The van der Waals surface area contributed by atoms with E-state index in [4.69, 9.17) is 5.73 Å². The maximum atomic E-state index is 12.6. The van der Waals surface area contributed by atoms with Gasteiger partial charge in [-0.15, -0.1) is 0 Å². The molecule has 0 unspecified atom stereocenters. The van der Waals surface area contributed by atoms with Crippen molar-refractivity contribution >= 4 is 15.5 Å². The molecule has 0 heterocycles. The first kappa shape index (κ1) is 15.8. The maximum absolute atomic E-state index is 12.6. The SMILES string of the molecule is CN(C)CCc1ccc(N)cc1S(=O)(=O)C(F)(F)F. The molecule has 4 nitrogen and oxygen atoms in total. The lowest BCUT2D eigenvalue weighted by Crippen LogP contribution is -2.25. The van der Waals surface area contributed by atoms with Crippen LogP contribution in [-0.4, -0.2) is 39.5 Å². The first-order chi connectivity index (χ1) is 8.55. The molecular weight excluding hydrogens is 281 g/mol. The van der Waals surface area contributed by atoms with Crippen molar-refractivity contribution in [3.05, 3.63) is 23.8 Å². The predicted octanol–water partition coefficient (Wildman–Crippen LogP) is 1.67. The van der Waals surface area contributed by atoms with E-state index >= 15 is 0 Å². The second-order valence-electron chi connectivity index (χ2n) is 4.37. The zero-order valence-electron chi connectivity index (χ0n) is 10.5. The van der Waals surface area contributed by atoms with Crippen molar-refractivity contribution < 1.29 is 21.6 Å². The van der Waals surface area contributed by atoms with Crippen LogP contribution in [-0.2, 0) is 16.3 Å². The van der Waals surface area contributed by atoms with Gasteiger partial charge in [0.15, 0.2) is 0 Å². The molecule has 8 heteroatoms. The van der Waals surface area contributed by atoms with Crippen LogP contribution in [0.5, 0.6) is 0 Å². The van der Waals surface area contributed by atoms with Crippen LogP contribution in [0.4, 0.5) is 18.9 Å². The number of nitrogens with two attached hydrogens (primary N) is 1. The molecule has 0 amide bonds. The second-order valence-corrected chi connectivity index (χ2v) is 6.28. The van der Waals surface area contributed by atoms with Crippen LogP contribution in [0.2, 0.25) is 0 Å². The lowest BCUT2D eigenvalue weighted by atomic mass is 10.1. The summed E-state index contributed by atoms with van der Waals surface area (Å²) < 4.78 is 60.7. The van der Waals surface area contributed by atoms with Crippen LogP contribution in [0, 0.1) is 0 Å². The number of benzene rings is 1. The van der Waals surface area contributed by atoms with Gasteiger partial charge in [-0.05, 0) is 38.2 Å². The van der Waals surface area contributed by atoms with Crippen molar-refractivity contribution in [2.75, 3.05) is 26.4 Å². The Morgan fingerprint density at radius 3 is 2.32 bits per heavy atom. The standard InChI is InChI=1S/C11H15F3N2O2S/c1-16(2)6-5-8-3-4-9(15)7-10(8)19(17,18)11(12,13)14/h3-4,7H,5-6,15H2,1-2H3. The fourth-order valence-corrected chi connectivity index (χ4v) is 2.55. The molecule has 0 spiro atoms. The van der Waals surface area contributed by atoms with E-state index in [2.05, 4.69) is 0 Å². The van der Waals surface area contributed by atoms with Gasteiger partial charge in [0.2, 0.25) is 0 Å². The van der Waals surface area contributed by atoms with Gasteiger partial charge in [0.25, 0.3) is 9.84 Å². The average Bonchev–Trinajstić information content (AvgIpc) is 2.25. The van der Waals surface area contributed by atoms with E-state index in [9.17, 15) is 21.6 Å². The lowest BCUT2D eigenvalue weighted by Gasteiger charge is -2.15. The largest absolute Gasteiger partial charge is 0.501 e. The first-order valence-corrected chi connectivity index (χ1v) is 6.88. The molecule has 19 heavy (non-hydrogen) atoms. The molecule has 0 aliphatic carbocycles. The number of sulfone groups is 1. The summed E-state index contributed by atoms with van der Waals surface area (Å²) in [6.07, 6.45) is 0.192. The van der Waals surface area contributed by atoms with E-state index < -0.39 is 20.2 Å².